The molecule has 0 unspecified atom stereocenters. The van der Waals surface area contributed by atoms with Crippen LogP contribution in [-0.2, 0) is 4.74 Å². The Bertz CT molecular complexity index is 788. The maximum absolute atomic E-state index is 9.26. The highest BCUT2D eigenvalue weighted by Crippen LogP contribution is 2.19. The second-order valence-corrected chi connectivity index (χ2v) is 5.99. The van der Waals surface area contributed by atoms with Crippen LogP contribution in [0.5, 0.6) is 5.75 Å². The van der Waals surface area contributed by atoms with Crippen molar-refractivity contribution in [2.45, 2.75) is 0 Å². The van der Waals surface area contributed by atoms with Crippen molar-refractivity contribution in [3.8, 4) is 11.8 Å². The third kappa shape index (κ3) is 4.85. The Labute approximate surface area is 152 Å². The van der Waals surface area contributed by atoms with Crippen molar-refractivity contribution in [3.05, 3.63) is 41.4 Å². The van der Waals surface area contributed by atoms with Crippen LogP contribution in [-0.4, -0.2) is 51.5 Å². The number of quaternary nitrogens is 1. The lowest BCUT2D eigenvalue weighted by Crippen LogP contribution is -3.14. The summed E-state index contributed by atoms with van der Waals surface area (Å²) in [6.45, 7) is 5.30. The minimum absolute atomic E-state index is 0.271. The standard InChI is InChI=1S/C19H22N4O3/c1-24-16-4-2-3-15(13-16)5-6-18-22-17(14-20)19(26-18)21-7-8-23-9-11-25-12-10-23/h2-6,13,21H,7-12H2,1H3/p+1/b6-5+. The monoisotopic (exact) mass is 355 g/mol. The van der Waals surface area contributed by atoms with Crippen LogP contribution in [0, 0.1) is 11.3 Å². The highest BCUT2D eigenvalue weighted by atomic mass is 16.5. The molecule has 0 radical (unpaired) electrons. The Morgan fingerprint density at radius 3 is 2.96 bits per heavy atom. The number of benzene rings is 1. The van der Waals surface area contributed by atoms with Gasteiger partial charge in [-0.2, -0.15) is 10.2 Å². The smallest absolute Gasteiger partial charge is 0.232 e. The Hall–Kier alpha value is -2.82. The van der Waals surface area contributed by atoms with Gasteiger partial charge in [0, 0.05) is 6.08 Å². The van der Waals surface area contributed by atoms with Crippen LogP contribution in [0.25, 0.3) is 12.2 Å². The quantitative estimate of drug-likeness (QED) is 0.772. The van der Waals surface area contributed by atoms with Crippen molar-refractivity contribution in [2.75, 3.05) is 51.8 Å². The molecule has 0 amide bonds. The average Bonchev–Trinajstić information content (AvgIpc) is 3.09. The zero-order valence-electron chi connectivity index (χ0n) is 14.8. The Balaban J connectivity index is 1.60. The highest BCUT2D eigenvalue weighted by molar-refractivity contribution is 5.67. The molecule has 0 atom stereocenters. The molecule has 1 aliphatic rings. The van der Waals surface area contributed by atoms with E-state index in [4.69, 9.17) is 13.9 Å². The molecule has 7 nitrogen and oxygen atoms in total. The van der Waals surface area contributed by atoms with Gasteiger partial charge in [-0.05, 0) is 23.8 Å². The molecule has 2 aromatic rings. The van der Waals surface area contributed by atoms with Gasteiger partial charge in [0.05, 0.1) is 33.4 Å². The summed E-state index contributed by atoms with van der Waals surface area (Å²) < 4.78 is 16.2. The average molecular weight is 355 g/mol. The number of nitrogens with zero attached hydrogens (tertiary/aromatic N) is 2. The second kappa shape index (κ2) is 9.04. The molecule has 1 aliphatic heterocycles. The van der Waals surface area contributed by atoms with Crippen molar-refractivity contribution >= 4 is 18.0 Å². The van der Waals surface area contributed by atoms with E-state index in [1.54, 1.807) is 13.2 Å². The van der Waals surface area contributed by atoms with Crippen LogP contribution >= 0.6 is 0 Å². The molecular formula is C19H23N4O3+. The lowest BCUT2D eigenvalue weighted by molar-refractivity contribution is -0.906. The van der Waals surface area contributed by atoms with Crippen LogP contribution in [0.3, 0.4) is 0 Å². The zero-order valence-corrected chi connectivity index (χ0v) is 14.8. The third-order valence-corrected chi connectivity index (χ3v) is 4.23. The molecular weight excluding hydrogens is 332 g/mol. The first-order valence-corrected chi connectivity index (χ1v) is 8.67. The number of methoxy groups -OCH3 is 1. The lowest BCUT2D eigenvalue weighted by Gasteiger charge is -2.23. The minimum Gasteiger partial charge on any atom is -0.497 e. The van der Waals surface area contributed by atoms with Gasteiger partial charge in [0.25, 0.3) is 0 Å². The van der Waals surface area contributed by atoms with Gasteiger partial charge < -0.3 is 24.1 Å². The van der Waals surface area contributed by atoms with Gasteiger partial charge in [0.15, 0.2) is 0 Å². The van der Waals surface area contributed by atoms with Gasteiger partial charge in [0.1, 0.15) is 24.9 Å². The topological polar surface area (TPSA) is 84.8 Å². The minimum atomic E-state index is 0.271. The van der Waals surface area contributed by atoms with Crippen molar-refractivity contribution < 1.29 is 18.8 Å². The molecule has 1 aromatic heterocycles. The summed E-state index contributed by atoms with van der Waals surface area (Å²) in [5, 5.41) is 12.4. The Morgan fingerprint density at radius 1 is 1.35 bits per heavy atom. The van der Waals surface area contributed by atoms with Gasteiger partial charge in [-0.3, -0.25) is 0 Å². The third-order valence-electron chi connectivity index (χ3n) is 4.23. The first-order chi connectivity index (χ1) is 12.8. The molecule has 1 fully saturated rings. The van der Waals surface area contributed by atoms with E-state index in [1.807, 2.05) is 30.3 Å². The molecule has 136 valence electrons. The fraction of sp³-hybridized carbons (Fsp3) is 0.368. The molecule has 3 rings (SSSR count). The highest BCUT2D eigenvalue weighted by Gasteiger charge is 2.15. The van der Waals surface area contributed by atoms with Crippen molar-refractivity contribution in [1.82, 2.24) is 4.98 Å². The van der Waals surface area contributed by atoms with Crippen LogP contribution in [0.15, 0.2) is 28.7 Å². The molecule has 26 heavy (non-hydrogen) atoms. The summed E-state index contributed by atoms with van der Waals surface area (Å²) in [6, 6.07) is 9.74. The number of ether oxygens (including phenoxy) is 2. The fourth-order valence-corrected chi connectivity index (χ4v) is 2.78. The number of nitrogens with one attached hydrogen (secondary N) is 2. The number of hydrogen-bond acceptors (Lipinski definition) is 6. The molecule has 1 aromatic carbocycles. The number of rotatable bonds is 7. The van der Waals surface area contributed by atoms with E-state index in [-0.39, 0.29) is 5.69 Å². The van der Waals surface area contributed by atoms with Crippen LogP contribution in [0.1, 0.15) is 17.1 Å². The summed E-state index contributed by atoms with van der Waals surface area (Å²) in [6.07, 6.45) is 3.62. The first kappa shape index (κ1) is 18.0. The molecule has 0 spiro atoms. The van der Waals surface area contributed by atoms with Gasteiger partial charge >= 0.3 is 0 Å². The number of hydrogen-bond donors (Lipinski definition) is 2. The molecule has 7 heteroatoms. The van der Waals surface area contributed by atoms with Crippen LogP contribution in [0.2, 0.25) is 0 Å². The molecule has 0 saturated carbocycles. The first-order valence-electron chi connectivity index (χ1n) is 8.67. The van der Waals surface area contributed by atoms with Crippen molar-refractivity contribution in [3.63, 3.8) is 0 Å². The number of oxazole rings is 1. The van der Waals surface area contributed by atoms with Gasteiger partial charge in [-0.15, -0.1) is 0 Å². The number of anilines is 1. The van der Waals surface area contributed by atoms with E-state index in [9.17, 15) is 5.26 Å². The second-order valence-electron chi connectivity index (χ2n) is 5.99. The van der Waals surface area contributed by atoms with Crippen molar-refractivity contribution in [1.29, 1.82) is 5.26 Å². The maximum Gasteiger partial charge on any atom is 0.232 e. The zero-order chi connectivity index (χ0) is 18.2. The number of morpholine rings is 1. The van der Waals surface area contributed by atoms with E-state index in [1.165, 1.54) is 4.90 Å². The van der Waals surface area contributed by atoms with E-state index < -0.39 is 0 Å². The Kier molecular flexibility index (Phi) is 6.25. The van der Waals surface area contributed by atoms with E-state index in [0.29, 0.717) is 11.8 Å². The normalized spacial score (nSPS) is 15.1. The maximum atomic E-state index is 9.26. The van der Waals surface area contributed by atoms with Crippen molar-refractivity contribution in [2.24, 2.45) is 0 Å². The molecule has 0 bridgehead atoms. The largest absolute Gasteiger partial charge is 0.497 e. The summed E-state index contributed by atoms with van der Waals surface area (Å²) in [4.78, 5) is 5.70. The molecule has 2 heterocycles. The summed E-state index contributed by atoms with van der Waals surface area (Å²) in [7, 11) is 1.63. The molecule has 0 aliphatic carbocycles. The SMILES string of the molecule is COc1cccc(/C=C/c2nc(C#N)c(NCC[NH+]3CCOCC3)o2)c1. The van der Waals surface area contributed by atoms with Crippen LogP contribution < -0.4 is 15.0 Å². The summed E-state index contributed by atoms with van der Waals surface area (Å²) in [5.74, 6) is 1.60. The van der Waals surface area contributed by atoms with E-state index >= 15 is 0 Å². The molecule has 2 N–H and O–H groups in total. The van der Waals surface area contributed by atoms with E-state index in [2.05, 4.69) is 16.4 Å². The van der Waals surface area contributed by atoms with Gasteiger partial charge in [0.2, 0.25) is 17.5 Å². The van der Waals surface area contributed by atoms with E-state index in [0.717, 1.165) is 50.7 Å². The summed E-state index contributed by atoms with van der Waals surface area (Å²) in [5.41, 5.74) is 1.23. The van der Waals surface area contributed by atoms with Gasteiger partial charge in [-0.1, -0.05) is 12.1 Å². The predicted octanol–water partition coefficient (Wildman–Crippen LogP) is 1.05. The number of aromatic nitrogens is 1. The lowest BCUT2D eigenvalue weighted by atomic mass is 10.2. The predicted molar refractivity (Wildman–Crippen MR) is 98.0 cm³/mol. The van der Waals surface area contributed by atoms with Gasteiger partial charge in [-0.25, -0.2) is 0 Å². The molecule has 1 saturated heterocycles. The fourth-order valence-electron chi connectivity index (χ4n) is 2.78. The number of nitriles is 1. The van der Waals surface area contributed by atoms with Crippen LogP contribution in [0.4, 0.5) is 5.88 Å². The Morgan fingerprint density at radius 2 is 2.19 bits per heavy atom. The summed E-state index contributed by atoms with van der Waals surface area (Å²) >= 11 is 0.